The molecule has 0 unspecified atom stereocenters. The second-order valence-corrected chi connectivity index (χ2v) is 5.98. The summed E-state index contributed by atoms with van der Waals surface area (Å²) < 4.78 is 0. The van der Waals surface area contributed by atoms with Crippen LogP contribution in [0.25, 0.3) is 11.3 Å². The predicted molar refractivity (Wildman–Crippen MR) is 97.5 cm³/mol. The molecule has 128 valence electrons. The number of anilines is 1. The lowest BCUT2D eigenvalue weighted by Gasteiger charge is -2.14. The Balaban J connectivity index is 1.92. The number of imidazole rings is 1. The molecule has 0 aliphatic heterocycles. The second kappa shape index (κ2) is 7.27. The Labute approximate surface area is 149 Å². The number of H-pyrrole nitrogens is 1. The molecule has 3 rings (SSSR count). The minimum Gasteiger partial charge on any atom is -0.465 e. The molecular formula is C18H17ClN4O2. The normalized spacial score (nSPS) is 11.9. The van der Waals surface area contributed by atoms with E-state index in [9.17, 15) is 4.79 Å². The van der Waals surface area contributed by atoms with Gasteiger partial charge in [-0.25, -0.2) is 9.78 Å². The van der Waals surface area contributed by atoms with Crippen LogP contribution in [0.4, 0.5) is 10.5 Å². The lowest BCUT2D eigenvalue weighted by molar-refractivity contribution is 0.189. The number of rotatable bonds is 5. The number of nitrogens with one attached hydrogen (secondary N) is 2. The minimum absolute atomic E-state index is 0.352. The largest absolute Gasteiger partial charge is 0.465 e. The van der Waals surface area contributed by atoms with Crippen LogP contribution < -0.4 is 11.1 Å². The molecule has 0 aliphatic carbocycles. The van der Waals surface area contributed by atoms with E-state index in [4.69, 9.17) is 22.4 Å². The lowest BCUT2D eigenvalue weighted by Crippen LogP contribution is -2.29. The number of hydrogen-bond donors (Lipinski definition) is 4. The first-order valence-electron chi connectivity index (χ1n) is 7.67. The van der Waals surface area contributed by atoms with E-state index in [1.807, 2.05) is 42.5 Å². The van der Waals surface area contributed by atoms with Gasteiger partial charge < -0.3 is 21.1 Å². The molecule has 1 atom stereocenters. The van der Waals surface area contributed by atoms with Gasteiger partial charge in [0.1, 0.15) is 16.7 Å². The molecule has 0 saturated carbocycles. The fourth-order valence-corrected chi connectivity index (χ4v) is 2.83. The zero-order valence-corrected chi connectivity index (χ0v) is 14.0. The van der Waals surface area contributed by atoms with Gasteiger partial charge in [0.15, 0.2) is 0 Å². The van der Waals surface area contributed by atoms with Gasteiger partial charge in [0.25, 0.3) is 0 Å². The van der Waals surface area contributed by atoms with Gasteiger partial charge in [-0.05, 0) is 17.7 Å². The smallest absolute Gasteiger partial charge is 0.405 e. The van der Waals surface area contributed by atoms with Crippen LogP contribution in [-0.2, 0) is 6.42 Å². The highest BCUT2D eigenvalue weighted by Gasteiger charge is 2.21. The Kier molecular flexibility index (Phi) is 4.90. The van der Waals surface area contributed by atoms with Crippen LogP contribution in [0.3, 0.4) is 0 Å². The van der Waals surface area contributed by atoms with Crippen molar-refractivity contribution in [1.29, 1.82) is 0 Å². The Morgan fingerprint density at radius 1 is 1.20 bits per heavy atom. The highest BCUT2D eigenvalue weighted by atomic mass is 35.5. The van der Waals surface area contributed by atoms with Crippen molar-refractivity contribution in [1.82, 2.24) is 15.3 Å². The van der Waals surface area contributed by atoms with Crippen molar-refractivity contribution < 1.29 is 9.90 Å². The molecule has 0 bridgehead atoms. The van der Waals surface area contributed by atoms with Gasteiger partial charge >= 0.3 is 6.09 Å². The van der Waals surface area contributed by atoms with E-state index in [1.165, 1.54) is 0 Å². The first-order chi connectivity index (χ1) is 12.0. The SMILES string of the molecule is Nc1ccc(-c2nc([C@H](Cc3ccccc3)NC(=O)O)[nH]c2Cl)cc1. The number of carbonyl (C=O) groups is 1. The molecule has 6 nitrogen and oxygen atoms in total. The Hall–Kier alpha value is -2.99. The van der Waals surface area contributed by atoms with Gasteiger partial charge in [0.05, 0.1) is 6.04 Å². The van der Waals surface area contributed by atoms with Crippen LogP contribution in [-0.4, -0.2) is 21.2 Å². The minimum atomic E-state index is -1.12. The van der Waals surface area contributed by atoms with Gasteiger partial charge in [-0.3, -0.25) is 0 Å². The molecule has 3 aromatic rings. The van der Waals surface area contributed by atoms with Gasteiger partial charge in [-0.15, -0.1) is 0 Å². The monoisotopic (exact) mass is 356 g/mol. The van der Waals surface area contributed by atoms with Crippen molar-refractivity contribution in [3.05, 3.63) is 71.1 Å². The first kappa shape index (κ1) is 16.9. The summed E-state index contributed by atoms with van der Waals surface area (Å²) in [6.45, 7) is 0. The molecule has 0 saturated heterocycles. The third-order valence-corrected chi connectivity index (χ3v) is 4.05. The number of amides is 1. The van der Waals surface area contributed by atoms with Gasteiger partial charge in [-0.1, -0.05) is 54.1 Å². The van der Waals surface area contributed by atoms with Crippen molar-refractivity contribution in [2.75, 3.05) is 5.73 Å². The Bertz CT molecular complexity index is 863. The highest BCUT2D eigenvalue weighted by molar-refractivity contribution is 6.31. The standard InChI is InChI=1S/C18H17ClN4O2/c19-16-15(12-6-8-13(20)9-7-12)22-17(23-16)14(21-18(24)25)10-11-4-2-1-3-5-11/h1-9,14,21H,10,20H2,(H,22,23)(H,24,25)/t14-/m0/s1. The van der Waals surface area contributed by atoms with E-state index in [2.05, 4.69) is 15.3 Å². The van der Waals surface area contributed by atoms with Crippen LogP contribution in [0, 0.1) is 0 Å². The highest BCUT2D eigenvalue weighted by Crippen LogP contribution is 2.29. The molecular weight excluding hydrogens is 340 g/mol. The summed E-state index contributed by atoms with van der Waals surface area (Å²) >= 11 is 6.28. The Morgan fingerprint density at radius 3 is 2.52 bits per heavy atom. The molecule has 0 radical (unpaired) electrons. The summed E-state index contributed by atoms with van der Waals surface area (Å²) in [5.74, 6) is 0.461. The number of carboxylic acid groups (broad SMARTS) is 1. The summed E-state index contributed by atoms with van der Waals surface area (Å²) in [6, 6.07) is 16.2. The fourth-order valence-electron chi connectivity index (χ4n) is 2.58. The van der Waals surface area contributed by atoms with Crippen molar-refractivity contribution in [3.8, 4) is 11.3 Å². The summed E-state index contributed by atoms with van der Waals surface area (Å²) in [4.78, 5) is 18.7. The van der Waals surface area contributed by atoms with E-state index in [1.54, 1.807) is 12.1 Å². The van der Waals surface area contributed by atoms with E-state index in [-0.39, 0.29) is 0 Å². The molecule has 0 spiro atoms. The number of nitrogen functional groups attached to an aromatic ring is 1. The van der Waals surface area contributed by atoms with Crippen LogP contribution in [0.15, 0.2) is 54.6 Å². The number of hydrogen-bond acceptors (Lipinski definition) is 3. The number of aromatic amines is 1. The molecule has 1 aromatic heterocycles. The summed E-state index contributed by atoms with van der Waals surface area (Å²) in [7, 11) is 0. The number of nitrogens with zero attached hydrogens (tertiary/aromatic N) is 1. The molecule has 2 aromatic carbocycles. The average molecular weight is 357 g/mol. The fraction of sp³-hybridized carbons (Fsp3) is 0.111. The summed E-state index contributed by atoms with van der Waals surface area (Å²) in [5, 5.41) is 12.0. The van der Waals surface area contributed by atoms with E-state index in [0.29, 0.717) is 28.8 Å². The molecule has 7 heteroatoms. The van der Waals surface area contributed by atoms with Gasteiger partial charge in [-0.2, -0.15) is 0 Å². The zero-order valence-electron chi connectivity index (χ0n) is 13.2. The average Bonchev–Trinajstić information content (AvgIpc) is 2.97. The third-order valence-electron chi connectivity index (χ3n) is 3.77. The molecule has 1 heterocycles. The number of aromatic nitrogens is 2. The van der Waals surface area contributed by atoms with E-state index >= 15 is 0 Å². The molecule has 0 aliphatic rings. The summed E-state index contributed by atoms with van der Waals surface area (Å²) in [5.41, 5.74) is 8.69. The van der Waals surface area contributed by atoms with E-state index < -0.39 is 12.1 Å². The van der Waals surface area contributed by atoms with Gasteiger partial charge in [0.2, 0.25) is 0 Å². The number of halogens is 1. The van der Waals surface area contributed by atoms with E-state index in [0.717, 1.165) is 11.1 Å². The van der Waals surface area contributed by atoms with Crippen molar-refractivity contribution >= 4 is 23.4 Å². The maximum absolute atomic E-state index is 11.2. The maximum atomic E-state index is 11.2. The molecule has 25 heavy (non-hydrogen) atoms. The lowest BCUT2D eigenvalue weighted by atomic mass is 10.1. The Morgan fingerprint density at radius 2 is 1.88 bits per heavy atom. The number of benzene rings is 2. The second-order valence-electron chi connectivity index (χ2n) is 5.60. The van der Waals surface area contributed by atoms with Gasteiger partial charge in [0, 0.05) is 17.7 Å². The van der Waals surface area contributed by atoms with Crippen LogP contribution in [0.2, 0.25) is 5.15 Å². The number of nitrogens with two attached hydrogens (primary N) is 1. The van der Waals surface area contributed by atoms with Crippen molar-refractivity contribution in [3.63, 3.8) is 0 Å². The topological polar surface area (TPSA) is 104 Å². The summed E-state index contributed by atoms with van der Waals surface area (Å²) in [6.07, 6.45) is -0.666. The third kappa shape index (κ3) is 4.10. The van der Waals surface area contributed by atoms with Crippen LogP contribution in [0.5, 0.6) is 0 Å². The van der Waals surface area contributed by atoms with Crippen molar-refractivity contribution in [2.24, 2.45) is 0 Å². The quantitative estimate of drug-likeness (QED) is 0.521. The zero-order chi connectivity index (χ0) is 17.8. The molecule has 0 fully saturated rings. The molecule has 1 amide bonds. The molecule has 5 N–H and O–H groups in total. The van der Waals surface area contributed by atoms with Crippen molar-refractivity contribution in [2.45, 2.75) is 12.5 Å². The predicted octanol–water partition coefficient (Wildman–Crippen LogP) is 3.86. The maximum Gasteiger partial charge on any atom is 0.405 e. The first-order valence-corrected chi connectivity index (χ1v) is 8.05. The van der Waals surface area contributed by atoms with Crippen LogP contribution >= 0.6 is 11.6 Å². The van der Waals surface area contributed by atoms with Crippen LogP contribution in [0.1, 0.15) is 17.4 Å².